The summed E-state index contributed by atoms with van der Waals surface area (Å²) in [6.45, 7) is 7.38. The van der Waals surface area contributed by atoms with E-state index in [1.807, 2.05) is 12.1 Å². The van der Waals surface area contributed by atoms with Gasteiger partial charge in [-0.25, -0.2) is 0 Å². The number of halogens is 1. The van der Waals surface area contributed by atoms with E-state index in [0.717, 1.165) is 29.8 Å². The molecule has 0 saturated heterocycles. The highest BCUT2D eigenvalue weighted by molar-refractivity contribution is 9.08. The Bertz CT molecular complexity index is 289. The van der Waals surface area contributed by atoms with Crippen molar-refractivity contribution in [1.82, 2.24) is 4.98 Å². The molecule has 0 radical (unpaired) electrons. The average Bonchev–Trinajstić information content (AvgIpc) is 2.17. The molecule has 0 amide bonds. The van der Waals surface area contributed by atoms with Crippen LogP contribution in [-0.4, -0.2) is 11.6 Å². The van der Waals surface area contributed by atoms with Crippen LogP contribution in [-0.2, 0) is 5.33 Å². The molecule has 0 aliphatic rings. The number of aromatic nitrogens is 1. The van der Waals surface area contributed by atoms with Gasteiger partial charge in [0.05, 0.1) is 18.5 Å². The van der Waals surface area contributed by atoms with Gasteiger partial charge in [0, 0.05) is 5.33 Å². The Kier molecular flexibility index (Phi) is 4.58. The van der Waals surface area contributed by atoms with E-state index in [2.05, 4.69) is 41.7 Å². The first-order valence-corrected chi connectivity index (χ1v) is 6.27. The van der Waals surface area contributed by atoms with Gasteiger partial charge in [-0.15, -0.1) is 0 Å². The van der Waals surface area contributed by atoms with Crippen molar-refractivity contribution in [3.63, 3.8) is 0 Å². The highest BCUT2D eigenvalue weighted by Gasteiger charge is 2.09. The number of hydrogen-bond acceptors (Lipinski definition) is 2. The van der Waals surface area contributed by atoms with E-state index in [4.69, 9.17) is 4.74 Å². The number of ether oxygens (including phenoxy) is 1. The zero-order valence-electron chi connectivity index (χ0n) is 9.59. The van der Waals surface area contributed by atoms with Gasteiger partial charge in [-0.1, -0.05) is 36.7 Å². The molecule has 15 heavy (non-hydrogen) atoms. The monoisotopic (exact) mass is 271 g/mol. The van der Waals surface area contributed by atoms with Crippen molar-refractivity contribution >= 4 is 15.9 Å². The quantitative estimate of drug-likeness (QED) is 0.778. The van der Waals surface area contributed by atoms with Gasteiger partial charge in [-0.05, 0) is 24.0 Å². The predicted molar refractivity (Wildman–Crippen MR) is 66.4 cm³/mol. The third-order valence-corrected chi connectivity index (χ3v) is 2.63. The van der Waals surface area contributed by atoms with Crippen LogP contribution in [0.3, 0.4) is 0 Å². The third kappa shape index (κ3) is 5.17. The second-order valence-electron chi connectivity index (χ2n) is 4.78. The molecule has 0 aliphatic carbocycles. The smallest absolute Gasteiger partial charge is 0.137 e. The number of nitrogens with zero attached hydrogens (tertiary/aromatic N) is 1. The van der Waals surface area contributed by atoms with Crippen molar-refractivity contribution in [3.8, 4) is 5.75 Å². The summed E-state index contributed by atoms with van der Waals surface area (Å²) in [6.07, 6.45) is 2.83. The van der Waals surface area contributed by atoms with Crippen molar-refractivity contribution < 1.29 is 4.74 Å². The van der Waals surface area contributed by atoms with Crippen molar-refractivity contribution in [2.24, 2.45) is 5.41 Å². The highest BCUT2D eigenvalue weighted by Crippen LogP contribution is 2.19. The van der Waals surface area contributed by atoms with E-state index in [1.54, 1.807) is 6.20 Å². The molecule has 0 N–H and O–H groups in total. The lowest BCUT2D eigenvalue weighted by atomic mass is 9.93. The van der Waals surface area contributed by atoms with E-state index in [1.165, 1.54) is 0 Å². The third-order valence-electron chi connectivity index (χ3n) is 2.06. The van der Waals surface area contributed by atoms with Crippen molar-refractivity contribution in [1.29, 1.82) is 0 Å². The molecule has 1 rings (SSSR count). The van der Waals surface area contributed by atoms with Crippen LogP contribution in [0.25, 0.3) is 0 Å². The summed E-state index contributed by atoms with van der Waals surface area (Å²) in [7, 11) is 0. The maximum atomic E-state index is 5.60. The van der Waals surface area contributed by atoms with Crippen LogP contribution in [0.15, 0.2) is 18.3 Å². The summed E-state index contributed by atoms with van der Waals surface area (Å²) >= 11 is 3.36. The van der Waals surface area contributed by atoms with Gasteiger partial charge in [-0.3, -0.25) is 4.98 Å². The van der Waals surface area contributed by atoms with Crippen molar-refractivity contribution in [2.75, 3.05) is 6.61 Å². The molecule has 0 aromatic carbocycles. The first-order valence-electron chi connectivity index (χ1n) is 5.15. The first kappa shape index (κ1) is 12.5. The molecule has 2 nitrogen and oxygen atoms in total. The van der Waals surface area contributed by atoms with Crippen LogP contribution in [0, 0.1) is 5.41 Å². The lowest BCUT2D eigenvalue weighted by molar-refractivity contribution is 0.242. The molecule has 0 spiro atoms. The molecule has 84 valence electrons. The van der Waals surface area contributed by atoms with Crippen LogP contribution < -0.4 is 4.74 Å². The lowest BCUT2D eigenvalue weighted by Gasteiger charge is -2.17. The molecule has 1 aromatic rings. The first-order chi connectivity index (χ1) is 7.01. The molecular weight excluding hydrogens is 254 g/mol. The minimum Gasteiger partial charge on any atom is -0.492 e. The average molecular weight is 272 g/mol. The summed E-state index contributed by atoms with van der Waals surface area (Å²) in [5, 5.41) is 0.787. The molecule has 1 aromatic heterocycles. The van der Waals surface area contributed by atoms with E-state index in [-0.39, 0.29) is 0 Å². The fraction of sp³-hybridized carbons (Fsp3) is 0.583. The molecule has 1 heterocycles. The largest absolute Gasteiger partial charge is 0.492 e. The van der Waals surface area contributed by atoms with Gasteiger partial charge in [0.1, 0.15) is 5.75 Å². The zero-order chi connectivity index (χ0) is 11.3. The molecule has 0 fully saturated rings. The van der Waals surface area contributed by atoms with Crippen LogP contribution in [0.1, 0.15) is 32.9 Å². The highest BCUT2D eigenvalue weighted by atomic mass is 79.9. The Balaban J connectivity index is 2.38. The van der Waals surface area contributed by atoms with Crippen LogP contribution >= 0.6 is 15.9 Å². The van der Waals surface area contributed by atoms with Crippen LogP contribution in [0.5, 0.6) is 5.75 Å². The minimum absolute atomic E-state index is 0.323. The van der Waals surface area contributed by atoms with Gasteiger partial charge in [0.25, 0.3) is 0 Å². The van der Waals surface area contributed by atoms with Gasteiger partial charge >= 0.3 is 0 Å². The summed E-state index contributed by atoms with van der Waals surface area (Å²) in [5.41, 5.74) is 1.35. The molecule has 0 unspecified atom stereocenters. The SMILES string of the molecule is CC(C)(C)CCOc1ccc(CBr)nc1. The Morgan fingerprint density at radius 3 is 2.53 bits per heavy atom. The summed E-state index contributed by atoms with van der Waals surface area (Å²) in [5.74, 6) is 0.851. The standard InChI is InChI=1S/C12H18BrNO/c1-12(2,3)6-7-15-11-5-4-10(8-13)14-9-11/h4-5,9H,6-8H2,1-3H3. The summed E-state index contributed by atoms with van der Waals surface area (Å²) in [6, 6.07) is 3.94. The number of hydrogen-bond donors (Lipinski definition) is 0. The van der Waals surface area contributed by atoms with Crippen molar-refractivity contribution in [3.05, 3.63) is 24.0 Å². The Hall–Kier alpha value is -0.570. The second kappa shape index (κ2) is 5.50. The predicted octanol–water partition coefficient (Wildman–Crippen LogP) is 3.79. The lowest BCUT2D eigenvalue weighted by Crippen LogP contribution is -2.11. The van der Waals surface area contributed by atoms with E-state index in [0.29, 0.717) is 5.41 Å². The number of pyridine rings is 1. The normalized spacial score (nSPS) is 11.5. The van der Waals surface area contributed by atoms with Gasteiger partial charge in [0.2, 0.25) is 0 Å². The zero-order valence-corrected chi connectivity index (χ0v) is 11.2. The van der Waals surface area contributed by atoms with E-state index < -0.39 is 0 Å². The molecular formula is C12H18BrNO. The molecule has 0 aliphatic heterocycles. The van der Waals surface area contributed by atoms with Crippen LogP contribution in [0.2, 0.25) is 0 Å². The number of rotatable bonds is 4. The molecule has 3 heteroatoms. The van der Waals surface area contributed by atoms with Gasteiger partial charge in [-0.2, -0.15) is 0 Å². The Morgan fingerprint density at radius 2 is 2.07 bits per heavy atom. The van der Waals surface area contributed by atoms with Crippen LogP contribution in [0.4, 0.5) is 0 Å². The fourth-order valence-electron chi connectivity index (χ4n) is 1.05. The topological polar surface area (TPSA) is 22.1 Å². The Morgan fingerprint density at radius 1 is 1.33 bits per heavy atom. The fourth-order valence-corrected chi connectivity index (χ4v) is 1.38. The summed E-state index contributed by atoms with van der Waals surface area (Å²) in [4.78, 5) is 4.24. The Labute approximate surface area is 100 Å². The number of alkyl halides is 1. The van der Waals surface area contributed by atoms with E-state index in [9.17, 15) is 0 Å². The molecule has 0 bridgehead atoms. The van der Waals surface area contributed by atoms with Crippen molar-refractivity contribution in [2.45, 2.75) is 32.5 Å². The second-order valence-corrected chi connectivity index (χ2v) is 5.34. The van der Waals surface area contributed by atoms with E-state index >= 15 is 0 Å². The minimum atomic E-state index is 0.323. The summed E-state index contributed by atoms with van der Waals surface area (Å²) < 4.78 is 5.60. The maximum Gasteiger partial charge on any atom is 0.137 e. The molecule has 0 saturated carbocycles. The molecule has 0 atom stereocenters. The maximum absolute atomic E-state index is 5.60. The van der Waals surface area contributed by atoms with Gasteiger partial charge < -0.3 is 4.74 Å². The van der Waals surface area contributed by atoms with Gasteiger partial charge in [0.15, 0.2) is 0 Å².